The monoisotopic (exact) mass is 361 g/mol. The molecule has 0 aliphatic heterocycles. The molecule has 0 saturated carbocycles. The Balaban J connectivity index is 0. The molecule has 0 atom stereocenters. The molecule has 0 radical (unpaired) electrons. The van der Waals surface area contributed by atoms with Crippen LogP contribution in [-0.4, -0.2) is 63.4 Å². The first-order chi connectivity index (χ1) is 12.0. The highest BCUT2D eigenvalue weighted by Gasteiger charge is 1.97. The molecule has 0 aromatic rings. The minimum atomic E-state index is -0.668. The van der Waals surface area contributed by atoms with Crippen LogP contribution in [0.15, 0.2) is 0 Å². The quantitative estimate of drug-likeness (QED) is 0.211. The summed E-state index contributed by atoms with van der Waals surface area (Å²) in [7, 11) is 0. The molecule has 0 rings (SSSR count). The molecule has 7 heteroatoms. The van der Waals surface area contributed by atoms with Gasteiger partial charge >= 0.3 is 5.97 Å². The standard InChI is InChI=1S/C10H20O2.C8H23N5/c1-9(2)7-5-3-4-6-8-10(11)12;9-1-3-11-5-7-13-8-6-12-4-2-10/h9H,3-8H2,1-2H3,(H,11,12);11-13H,1-10H2. The first-order valence-corrected chi connectivity index (χ1v) is 9.78. The molecule has 7 nitrogen and oxygen atoms in total. The third-order valence-corrected chi connectivity index (χ3v) is 3.52. The molecule has 0 bridgehead atoms. The van der Waals surface area contributed by atoms with Crippen molar-refractivity contribution >= 4 is 5.97 Å². The molecule has 0 amide bonds. The Morgan fingerprint density at radius 3 is 1.64 bits per heavy atom. The van der Waals surface area contributed by atoms with Gasteiger partial charge in [-0.05, 0) is 12.3 Å². The lowest BCUT2D eigenvalue weighted by Gasteiger charge is -2.06. The molecule has 0 aliphatic rings. The lowest BCUT2D eigenvalue weighted by molar-refractivity contribution is -0.137. The van der Waals surface area contributed by atoms with Crippen molar-refractivity contribution in [3.8, 4) is 0 Å². The summed E-state index contributed by atoms with van der Waals surface area (Å²) in [6.07, 6.45) is 5.95. The number of nitrogens with two attached hydrogens (primary N) is 2. The first-order valence-electron chi connectivity index (χ1n) is 9.78. The highest BCUT2D eigenvalue weighted by Crippen LogP contribution is 2.10. The molecule has 0 unspecified atom stereocenters. The molecule has 0 aromatic heterocycles. The van der Waals surface area contributed by atoms with Crippen LogP contribution in [0.2, 0.25) is 0 Å². The Hall–Kier alpha value is -0.730. The van der Waals surface area contributed by atoms with Gasteiger partial charge in [-0.1, -0.05) is 39.5 Å². The van der Waals surface area contributed by atoms with E-state index in [-0.39, 0.29) is 0 Å². The summed E-state index contributed by atoms with van der Waals surface area (Å²) >= 11 is 0. The SMILES string of the molecule is CC(C)CCCCCCC(=O)O.NCCNCCNCCNCCN. The molecule has 0 aliphatic carbocycles. The van der Waals surface area contributed by atoms with Crippen LogP contribution in [0.4, 0.5) is 0 Å². The van der Waals surface area contributed by atoms with E-state index in [0.29, 0.717) is 19.5 Å². The number of carboxylic acids is 1. The number of carboxylic acid groups (broad SMARTS) is 1. The summed E-state index contributed by atoms with van der Waals surface area (Å²) in [5, 5.41) is 18.1. The van der Waals surface area contributed by atoms with E-state index < -0.39 is 5.97 Å². The van der Waals surface area contributed by atoms with E-state index in [2.05, 4.69) is 29.8 Å². The van der Waals surface area contributed by atoms with Crippen LogP contribution in [0.5, 0.6) is 0 Å². The van der Waals surface area contributed by atoms with E-state index in [1.807, 2.05) is 0 Å². The molecule has 0 heterocycles. The Kier molecular flexibility index (Phi) is 24.7. The molecule has 25 heavy (non-hydrogen) atoms. The third-order valence-electron chi connectivity index (χ3n) is 3.52. The van der Waals surface area contributed by atoms with Crippen LogP contribution in [0.3, 0.4) is 0 Å². The lowest BCUT2D eigenvalue weighted by atomic mass is 10.0. The number of unbranched alkanes of at least 4 members (excludes halogenated alkanes) is 3. The number of hydrogen-bond acceptors (Lipinski definition) is 6. The van der Waals surface area contributed by atoms with Crippen molar-refractivity contribution < 1.29 is 9.90 Å². The van der Waals surface area contributed by atoms with E-state index in [0.717, 1.165) is 58.0 Å². The van der Waals surface area contributed by atoms with Crippen molar-refractivity contribution in [3.63, 3.8) is 0 Å². The zero-order valence-corrected chi connectivity index (χ0v) is 16.5. The number of nitrogens with one attached hydrogen (secondary N) is 3. The van der Waals surface area contributed by atoms with Gasteiger partial charge < -0.3 is 32.5 Å². The Bertz CT molecular complexity index is 256. The van der Waals surface area contributed by atoms with Crippen LogP contribution in [0, 0.1) is 5.92 Å². The zero-order chi connectivity index (χ0) is 19.2. The van der Waals surface area contributed by atoms with Gasteiger partial charge in [0.2, 0.25) is 0 Å². The second kappa shape index (κ2) is 23.3. The second-order valence-corrected chi connectivity index (χ2v) is 6.57. The van der Waals surface area contributed by atoms with E-state index in [4.69, 9.17) is 16.6 Å². The van der Waals surface area contributed by atoms with Crippen molar-refractivity contribution in [2.75, 3.05) is 52.4 Å². The summed E-state index contributed by atoms with van der Waals surface area (Å²) in [5.41, 5.74) is 10.6. The zero-order valence-electron chi connectivity index (χ0n) is 16.5. The third kappa shape index (κ3) is 31.5. The van der Waals surface area contributed by atoms with Crippen LogP contribution < -0.4 is 27.4 Å². The van der Waals surface area contributed by atoms with Crippen LogP contribution in [-0.2, 0) is 4.79 Å². The Morgan fingerprint density at radius 2 is 1.24 bits per heavy atom. The fourth-order valence-corrected chi connectivity index (χ4v) is 2.12. The number of carbonyl (C=O) groups is 1. The van der Waals surface area contributed by atoms with Gasteiger partial charge in [0.25, 0.3) is 0 Å². The molecule has 0 spiro atoms. The number of aliphatic carboxylic acids is 1. The fourth-order valence-electron chi connectivity index (χ4n) is 2.12. The van der Waals surface area contributed by atoms with Crippen LogP contribution in [0.1, 0.15) is 52.4 Å². The summed E-state index contributed by atoms with van der Waals surface area (Å²) in [6, 6.07) is 0. The maximum absolute atomic E-state index is 10.1. The average molecular weight is 362 g/mol. The number of hydrogen-bond donors (Lipinski definition) is 6. The molecular weight excluding hydrogens is 318 g/mol. The van der Waals surface area contributed by atoms with Gasteiger partial charge in [-0.3, -0.25) is 4.79 Å². The molecule has 0 aromatic carbocycles. The van der Waals surface area contributed by atoms with Crippen molar-refractivity contribution in [1.82, 2.24) is 16.0 Å². The largest absolute Gasteiger partial charge is 0.481 e. The van der Waals surface area contributed by atoms with Gasteiger partial charge in [-0.25, -0.2) is 0 Å². The maximum Gasteiger partial charge on any atom is 0.303 e. The van der Waals surface area contributed by atoms with Crippen molar-refractivity contribution in [1.29, 1.82) is 0 Å². The predicted molar refractivity (Wildman–Crippen MR) is 107 cm³/mol. The molecule has 0 saturated heterocycles. The first kappa shape index (κ1) is 26.5. The summed E-state index contributed by atoms with van der Waals surface area (Å²) in [6.45, 7) is 11.6. The van der Waals surface area contributed by atoms with Gasteiger partial charge in [-0.15, -0.1) is 0 Å². The minimum Gasteiger partial charge on any atom is -0.481 e. The van der Waals surface area contributed by atoms with Crippen LogP contribution in [0.25, 0.3) is 0 Å². The van der Waals surface area contributed by atoms with E-state index in [1.54, 1.807) is 0 Å². The maximum atomic E-state index is 10.1. The summed E-state index contributed by atoms with van der Waals surface area (Å²) in [5.74, 6) is 0.114. The highest BCUT2D eigenvalue weighted by molar-refractivity contribution is 5.66. The van der Waals surface area contributed by atoms with E-state index >= 15 is 0 Å². The second-order valence-electron chi connectivity index (χ2n) is 6.57. The summed E-state index contributed by atoms with van der Waals surface area (Å²) < 4.78 is 0. The van der Waals surface area contributed by atoms with E-state index in [9.17, 15) is 4.79 Å². The number of rotatable bonds is 17. The molecule has 152 valence electrons. The Labute approximate surface area is 154 Å². The average Bonchev–Trinajstić information content (AvgIpc) is 2.57. The highest BCUT2D eigenvalue weighted by atomic mass is 16.4. The van der Waals surface area contributed by atoms with Crippen molar-refractivity contribution in [3.05, 3.63) is 0 Å². The van der Waals surface area contributed by atoms with Crippen molar-refractivity contribution in [2.45, 2.75) is 52.4 Å². The normalized spacial score (nSPS) is 10.6. The van der Waals surface area contributed by atoms with Gasteiger partial charge in [0, 0.05) is 58.8 Å². The predicted octanol–water partition coefficient (Wildman–Crippen LogP) is 0.740. The molecule has 8 N–H and O–H groups in total. The fraction of sp³-hybridized carbons (Fsp3) is 0.944. The van der Waals surface area contributed by atoms with E-state index in [1.165, 1.54) is 19.3 Å². The molecular formula is C18H43N5O2. The van der Waals surface area contributed by atoms with Gasteiger partial charge in [0.1, 0.15) is 0 Å². The van der Waals surface area contributed by atoms with Gasteiger partial charge in [0.05, 0.1) is 0 Å². The lowest BCUT2D eigenvalue weighted by Crippen LogP contribution is -2.35. The summed E-state index contributed by atoms with van der Waals surface area (Å²) in [4.78, 5) is 10.1. The topological polar surface area (TPSA) is 125 Å². The van der Waals surface area contributed by atoms with Gasteiger partial charge in [-0.2, -0.15) is 0 Å². The smallest absolute Gasteiger partial charge is 0.303 e. The minimum absolute atomic E-state index is 0.335. The van der Waals surface area contributed by atoms with Crippen molar-refractivity contribution in [2.24, 2.45) is 17.4 Å². The van der Waals surface area contributed by atoms with Gasteiger partial charge in [0.15, 0.2) is 0 Å². The van der Waals surface area contributed by atoms with Crippen LogP contribution >= 0.6 is 0 Å². The molecule has 0 fully saturated rings. The Morgan fingerprint density at radius 1 is 0.800 bits per heavy atom.